The number of carbonyl (C=O) groups excluding carboxylic acids is 3. The quantitative estimate of drug-likeness (QED) is 0.664. The molecule has 1 saturated heterocycles. The van der Waals surface area contributed by atoms with Crippen LogP contribution in [0, 0.1) is 11.8 Å². The number of methoxy groups -OCH3 is 1. The van der Waals surface area contributed by atoms with Gasteiger partial charge in [-0.3, -0.25) is 9.59 Å². The first-order valence-electron chi connectivity index (χ1n) is 8.56. The normalized spacial score (nSPS) is 17.3. The third kappa shape index (κ3) is 7.29. The minimum Gasteiger partial charge on any atom is -0.467 e. The Bertz CT molecular complexity index is 433. The van der Waals surface area contributed by atoms with Gasteiger partial charge in [0.2, 0.25) is 11.8 Å². The van der Waals surface area contributed by atoms with Gasteiger partial charge in [-0.1, -0.05) is 20.8 Å². The van der Waals surface area contributed by atoms with Crippen molar-refractivity contribution in [2.24, 2.45) is 11.8 Å². The zero-order chi connectivity index (χ0) is 18.1. The molecule has 0 aliphatic carbocycles. The highest BCUT2D eigenvalue weighted by atomic mass is 16.5. The van der Waals surface area contributed by atoms with Gasteiger partial charge in [-0.15, -0.1) is 0 Å². The van der Waals surface area contributed by atoms with Crippen LogP contribution in [0.2, 0.25) is 0 Å². The predicted molar refractivity (Wildman–Crippen MR) is 89.2 cm³/mol. The summed E-state index contributed by atoms with van der Waals surface area (Å²) < 4.78 is 9.96. The van der Waals surface area contributed by atoms with E-state index in [9.17, 15) is 14.4 Å². The molecule has 0 radical (unpaired) electrons. The monoisotopic (exact) mass is 342 g/mol. The van der Waals surface area contributed by atoms with Gasteiger partial charge in [-0.05, 0) is 18.3 Å². The summed E-state index contributed by atoms with van der Waals surface area (Å²) in [6, 6.07) is -0.635. The minimum atomic E-state index is -0.635. The van der Waals surface area contributed by atoms with E-state index in [-0.39, 0.29) is 30.1 Å². The van der Waals surface area contributed by atoms with E-state index < -0.39 is 12.0 Å². The average molecular weight is 342 g/mol. The standard InChI is InChI=1S/C17H30N2O5/c1-12(2)9-14(17(22)23-4)18-15(20)10-13(3)11-16(21)19-5-7-24-8-6-19/h12-14H,5-11H2,1-4H3,(H,18,20). The van der Waals surface area contributed by atoms with Crippen LogP contribution in [-0.4, -0.2) is 62.1 Å². The lowest BCUT2D eigenvalue weighted by Gasteiger charge is -2.28. The van der Waals surface area contributed by atoms with Crippen LogP contribution in [0.4, 0.5) is 0 Å². The first-order valence-corrected chi connectivity index (χ1v) is 8.56. The molecule has 2 atom stereocenters. The van der Waals surface area contributed by atoms with Gasteiger partial charge in [0.05, 0.1) is 20.3 Å². The molecule has 1 rings (SSSR count). The zero-order valence-electron chi connectivity index (χ0n) is 15.2. The highest BCUT2D eigenvalue weighted by molar-refractivity contribution is 5.85. The smallest absolute Gasteiger partial charge is 0.328 e. The molecule has 1 aliphatic heterocycles. The summed E-state index contributed by atoms with van der Waals surface area (Å²) in [7, 11) is 1.31. The summed E-state index contributed by atoms with van der Waals surface area (Å²) in [6.45, 7) is 8.17. The van der Waals surface area contributed by atoms with Gasteiger partial charge in [-0.2, -0.15) is 0 Å². The summed E-state index contributed by atoms with van der Waals surface area (Å²) in [6.07, 6.45) is 1.06. The van der Waals surface area contributed by atoms with Gasteiger partial charge in [0.15, 0.2) is 0 Å². The van der Waals surface area contributed by atoms with E-state index in [2.05, 4.69) is 5.32 Å². The van der Waals surface area contributed by atoms with Gasteiger partial charge in [0, 0.05) is 25.9 Å². The molecule has 1 aliphatic rings. The lowest BCUT2D eigenvalue weighted by Crippen LogP contribution is -2.43. The van der Waals surface area contributed by atoms with Crippen LogP contribution in [-0.2, 0) is 23.9 Å². The number of hydrogen-bond donors (Lipinski definition) is 1. The highest BCUT2D eigenvalue weighted by Crippen LogP contribution is 2.13. The molecule has 0 aromatic carbocycles. The fourth-order valence-corrected chi connectivity index (χ4v) is 2.71. The van der Waals surface area contributed by atoms with Crippen molar-refractivity contribution in [3.05, 3.63) is 0 Å². The van der Waals surface area contributed by atoms with Crippen LogP contribution in [0.15, 0.2) is 0 Å². The Hall–Kier alpha value is -1.63. The maximum absolute atomic E-state index is 12.2. The number of nitrogens with one attached hydrogen (secondary N) is 1. The molecule has 2 unspecified atom stereocenters. The molecule has 138 valence electrons. The number of nitrogens with zero attached hydrogens (tertiary/aromatic N) is 1. The van der Waals surface area contributed by atoms with E-state index in [1.165, 1.54) is 7.11 Å². The molecule has 1 N–H and O–H groups in total. The topological polar surface area (TPSA) is 84.9 Å². The number of amides is 2. The highest BCUT2D eigenvalue weighted by Gasteiger charge is 2.25. The van der Waals surface area contributed by atoms with Crippen molar-refractivity contribution in [1.82, 2.24) is 10.2 Å². The molecule has 1 fully saturated rings. The van der Waals surface area contributed by atoms with E-state index in [0.29, 0.717) is 39.1 Å². The number of carbonyl (C=O) groups is 3. The van der Waals surface area contributed by atoms with Gasteiger partial charge in [0.1, 0.15) is 6.04 Å². The maximum atomic E-state index is 12.2. The van der Waals surface area contributed by atoms with Crippen molar-refractivity contribution in [3.8, 4) is 0 Å². The van der Waals surface area contributed by atoms with E-state index in [1.807, 2.05) is 20.8 Å². The zero-order valence-corrected chi connectivity index (χ0v) is 15.2. The molecular formula is C17H30N2O5. The molecule has 0 spiro atoms. The third-order valence-corrected chi connectivity index (χ3v) is 3.95. The molecule has 7 heteroatoms. The van der Waals surface area contributed by atoms with Gasteiger partial charge < -0.3 is 19.7 Å². The second kappa shape index (κ2) is 10.3. The molecule has 24 heavy (non-hydrogen) atoms. The maximum Gasteiger partial charge on any atom is 0.328 e. The lowest BCUT2D eigenvalue weighted by atomic mass is 10.0. The molecule has 0 aromatic rings. The molecular weight excluding hydrogens is 312 g/mol. The molecule has 7 nitrogen and oxygen atoms in total. The van der Waals surface area contributed by atoms with E-state index in [1.54, 1.807) is 4.90 Å². The number of hydrogen-bond acceptors (Lipinski definition) is 5. The third-order valence-electron chi connectivity index (χ3n) is 3.95. The number of esters is 1. The Labute approximate surface area is 144 Å². The molecule has 2 amide bonds. The van der Waals surface area contributed by atoms with Crippen LogP contribution >= 0.6 is 0 Å². The second-order valence-corrected chi connectivity index (χ2v) is 6.78. The van der Waals surface area contributed by atoms with E-state index in [0.717, 1.165) is 0 Å². The largest absolute Gasteiger partial charge is 0.467 e. The summed E-state index contributed by atoms with van der Waals surface area (Å²) in [5.41, 5.74) is 0. The molecule has 0 bridgehead atoms. The predicted octanol–water partition coefficient (Wildman–Crippen LogP) is 0.965. The fraction of sp³-hybridized carbons (Fsp3) is 0.824. The van der Waals surface area contributed by atoms with Crippen LogP contribution in [0.1, 0.15) is 40.0 Å². The van der Waals surface area contributed by atoms with Crippen LogP contribution in [0.25, 0.3) is 0 Å². The van der Waals surface area contributed by atoms with Gasteiger partial charge >= 0.3 is 5.97 Å². The summed E-state index contributed by atoms with van der Waals surface area (Å²) in [4.78, 5) is 37.9. The SMILES string of the molecule is COC(=O)C(CC(C)C)NC(=O)CC(C)CC(=O)N1CCOCC1. The van der Waals surface area contributed by atoms with Crippen molar-refractivity contribution < 1.29 is 23.9 Å². The van der Waals surface area contributed by atoms with Crippen molar-refractivity contribution >= 4 is 17.8 Å². The average Bonchev–Trinajstić information content (AvgIpc) is 2.53. The summed E-state index contributed by atoms with van der Waals surface area (Å²) in [5.74, 6) is -0.444. The number of ether oxygens (including phenoxy) is 2. The van der Waals surface area contributed by atoms with E-state index in [4.69, 9.17) is 9.47 Å². The summed E-state index contributed by atoms with van der Waals surface area (Å²) >= 11 is 0. The first kappa shape index (κ1) is 20.4. The van der Waals surface area contributed by atoms with Gasteiger partial charge in [-0.25, -0.2) is 4.79 Å². The Balaban J connectivity index is 2.43. The fourth-order valence-electron chi connectivity index (χ4n) is 2.71. The Morgan fingerprint density at radius 1 is 1.12 bits per heavy atom. The Morgan fingerprint density at radius 3 is 2.29 bits per heavy atom. The molecule has 0 saturated carbocycles. The molecule has 0 aromatic heterocycles. The van der Waals surface area contributed by atoms with E-state index >= 15 is 0 Å². The second-order valence-electron chi connectivity index (χ2n) is 6.78. The van der Waals surface area contributed by atoms with Crippen LogP contribution in [0.3, 0.4) is 0 Å². The minimum absolute atomic E-state index is 0.0466. The number of rotatable bonds is 8. The Kier molecular flexibility index (Phi) is 8.74. The van der Waals surface area contributed by atoms with Crippen molar-refractivity contribution in [3.63, 3.8) is 0 Å². The van der Waals surface area contributed by atoms with Crippen molar-refractivity contribution in [2.45, 2.75) is 46.1 Å². The number of morpholine rings is 1. The van der Waals surface area contributed by atoms with Crippen LogP contribution in [0.5, 0.6) is 0 Å². The van der Waals surface area contributed by atoms with Gasteiger partial charge in [0.25, 0.3) is 0 Å². The van der Waals surface area contributed by atoms with Crippen molar-refractivity contribution in [1.29, 1.82) is 0 Å². The van der Waals surface area contributed by atoms with Crippen LogP contribution < -0.4 is 5.32 Å². The Morgan fingerprint density at radius 2 is 1.75 bits per heavy atom. The summed E-state index contributed by atoms with van der Waals surface area (Å²) in [5, 5.41) is 2.72. The first-order chi connectivity index (χ1) is 11.3. The lowest BCUT2D eigenvalue weighted by molar-refractivity contribution is -0.145. The molecule has 1 heterocycles. The van der Waals surface area contributed by atoms with Crippen molar-refractivity contribution in [2.75, 3.05) is 33.4 Å².